The van der Waals surface area contributed by atoms with Crippen molar-refractivity contribution in [3.63, 3.8) is 0 Å². The number of aryl methyl sites for hydroxylation is 1. The van der Waals surface area contributed by atoms with Gasteiger partial charge < -0.3 is 14.8 Å². The maximum Gasteiger partial charge on any atom is 0.342 e. The van der Waals surface area contributed by atoms with E-state index >= 15 is 0 Å². The smallest absolute Gasteiger partial charge is 0.342 e. The molecule has 2 aromatic carbocycles. The van der Waals surface area contributed by atoms with Crippen molar-refractivity contribution >= 4 is 29.2 Å². The van der Waals surface area contributed by atoms with Gasteiger partial charge in [0.2, 0.25) is 0 Å². The molecule has 5 nitrogen and oxygen atoms in total. The van der Waals surface area contributed by atoms with Gasteiger partial charge in [0.05, 0.1) is 17.8 Å². The second kappa shape index (κ2) is 7.98. The van der Waals surface area contributed by atoms with E-state index in [1.54, 1.807) is 18.2 Å². The summed E-state index contributed by atoms with van der Waals surface area (Å²) in [5.41, 5.74) is 1.30. The van der Waals surface area contributed by atoms with E-state index in [1.165, 1.54) is 20.1 Å². The monoisotopic (exact) mass is 365 g/mol. The van der Waals surface area contributed by atoms with Gasteiger partial charge in [-0.3, -0.25) is 4.79 Å². The van der Waals surface area contributed by atoms with Crippen molar-refractivity contribution in [2.75, 3.05) is 12.4 Å². The number of hydrogen-bond donors (Lipinski definition) is 1. The van der Waals surface area contributed by atoms with E-state index in [4.69, 9.17) is 21.1 Å². The largest absolute Gasteiger partial charge is 0.496 e. The van der Waals surface area contributed by atoms with Crippen molar-refractivity contribution in [2.24, 2.45) is 0 Å². The van der Waals surface area contributed by atoms with Crippen LogP contribution in [0.1, 0.15) is 22.8 Å². The topological polar surface area (TPSA) is 64.6 Å². The van der Waals surface area contributed by atoms with Gasteiger partial charge in [-0.15, -0.1) is 0 Å². The second-order valence-corrected chi connectivity index (χ2v) is 5.77. The van der Waals surface area contributed by atoms with E-state index in [1.807, 2.05) is 6.92 Å². The molecule has 1 amide bonds. The number of nitrogens with one attached hydrogen (secondary N) is 1. The molecule has 0 saturated carbocycles. The highest BCUT2D eigenvalue weighted by atomic mass is 35.5. The van der Waals surface area contributed by atoms with E-state index < -0.39 is 23.8 Å². The number of anilines is 1. The van der Waals surface area contributed by atoms with Gasteiger partial charge in [0.1, 0.15) is 17.1 Å². The average molecular weight is 366 g/mol. The summed E-state index contributed by atoms with van der Waals surface area (Å²) < 4.78 is 23.3. The third kappa shape index (κ3) is 4.70. The predicted octanol–water partition coefficient (Wildman–Crippen LogP) is 3.98. The Bertz CT molecular complexity index is 810. The summed E-state index contributed by atoms with van der Waals surface area (Å²) >= 11 is 5.86. The fourth-order valence-electron chi connectivity index (χ4n) is 2.08. The summed E-state index contributed by atoms with van der Waals surface area (Å²) in [6, 6.07) is 8.62. The Balaban J connectivity index is 2.08. The first-order valence-electron chi connectivity index (χ1n) is 7.43. The Kier molecular flexibility index (Phi) is 5.98. The van der Waals surface area contributed by atoms with Crippen LogP contribution < -0.4 is 10.1 Å². The van der Waals surface area contributed by atoms with Crippen LogP contribution in [-0.4, -0.2) is 25.1 Å². The summed E-state index contributed by atoms with van der Waals surface area (Å²) in [5, 5.41) is 2.54. The summed E-state index contributed by atoms with van der Waals surface area (Å²) in [4.78, 5) is 24.5. The van der Waals surface area contributed by atoms with Crippen LogP contribution in [-0.2, 0) is 9.53 Å². The zero-order valence-corrected chi connectivity index (χ0v) is 14.7. The van der Waals surface area contributed by atoms with Crippen LogP contribution in [0.25, 0.3) is 0 Å². The number of halogens is 2. The minimum Gasteiger partial charge on any atom is -0.496 e. The molecule has 132 valence electrons. The van der Waals surface area contributed by atoms with Gasteiger partial charge in [0, 0.05) is 0 Å². The van der Waals surface area contributed by atoms with Crippen molar-refractivity contribution in [1.82, 2.24) is 0 Å². The number of amides is 1. The number of carbonyl (C=O) groups excluding carboxylic acids is 2. The molecule has 25 heavy (non-hydrogen) atoms. The summed E-state index contributed by atoms with van der Waals surface area (Å²) in [6.45, 7) is 3.25. The third-order valence-corrected chi connectivity index (χ3v) is 3.73. The zero-order chi connectivity index (χ0) is 18.6. The van der Waals surface area contributed by atoms with Crippen LogP contribution >= 0.6 is 11.6 Å². The fraction of sp³-hybridized carbons (Fsp3) is 0.222. The molecule has 0 aliphatic carbocycles. The minimum absolute atomic E-state index is 0.0484. The molecule has 2 aromatic rings. The van der Waals surface area contributed by atoms with Crippen molar-refractivity contribution in [3.8, 4) is 5.75 Å². The molecular weight excluding hydrogens is 349 g/mol. The maximum atomic E-state index is 13.0. The minimum atomic E-state index is -1.08. The number of ether oxygens (including phenoxy) is 2. The van der Waals surface area contributed by atoms with Crippen LogP contribution in [0.3, 0.4) is 0 Å². The molecule has 0 bridgehead atoms. The molecular formula is C18H17ClFNO4. The first-order chi connectivity index (χ1) is 11.8. The lowest BCUT2D eigenvalue weighted by Crippen LogP contribution is -2.30. The number of methoxy groups -OCH3 is 1. The normalized spacial score (nSPS) is 11.6. The van der Waals surface area contributed by atoms with Crippen LogP contribution in [0.2, 0.25) is 5.02 Å². The molecule has 1 atom stereocenters. The fourth-order valence-corrected chi connectivity index (χ4v) is 2.30. The lowest BCUT2D eigenvalue weighted by atomic mass is 10.1. The average Bonchev–Trinajstić information content (AvgIpc) is 2.57. The molecule has 7 heteroatoms. The van der Waals surface area contributed by atoms with E-state index in [2.05, 4.69) is 5.32 Å². The highest BCUT2D eigenvalue weighted by Gasteiger charge is 2.22. The number of rotatable bonds is 5. The molecule has 0 aliphatic rings. The summed E-state index contributed by atoms with van der Waals surface area (Å²) in [7, 11) is 1.44. The van der Waals surface area contributed by atoms with Crippen LogP contribution in [0, 0.1) is 12.7 Å². The van der Waals surface area contributed by atoms with Gasteiger partial charge in [0.15, 0.2) is 6.10 Å². The van der Waals surface area contributed by atoms with Crippen LogP contribution in [0.5, 0.6) is 5.75 Å². The van der Waals surface area contributed by atoms with Crippen molar-refractivity contribution in [2.45, 2.75) is 20.0 Å². The van der Waals surface area contributed by atoms with Gasteiger partial charge >= 0.3 is 5.97 Å². The molecule has 0 aliphatic heterocycles. The molecule has 0 spiro atoms. The zero-order valence-electron chi connectivity index (χ0n) is 13.9. The SMILES string of the molecule is COc1ccc(C)cc1C(=O)O[C@H](C)C(=O)Nc1ccc(F)cc1Cl. The van der Waals surface area contributed by atoms with E-state index in [-0.39, 0.29) is 16.3 Å². The van der Waals surface area contributed by atoms with Gasteiger partial charge in [-0.2, -0.15) is 0 Å². The van der Waals surface area contributed by atoms with Gasteiger partial charge in [-0.05, 0) is 44.2 Å². The van der Waals surface area contributed by atoms with E-state index in [0.29, 0.717) is 5.75 Å². The first-order valence-corrected chi connectivity index (χ1v) is 7.81. The third-order valence-electron chi connectivity index (χ3n) is 3.42. The van der Waals surface area contributed by atoms with Crippen molar-refractivity contribution < 1.29 is 23.5 Å². The quantitative estimate of drug-likeness (QED) is 0.814. The lowest BCUT2D eigenvalue weighted by molar-refractivity contribution is -0.123. The Labute approximate surface area is 149 Å². The van der Waals surface area contributed by atoms with Gasteiger partial charge in [-0.1, -0.05) is 23.2 Å². The molecule has 0 fully saturated rings. The summed E-state index contributed by atoms with van der Waals surface area (Å²) in [5.74, 6) is -1.44. The number of esters is 1. The van der Waals surface area contributed by atoms with E-state index in [9.17, 15) is 14.0 Å². The number of benzene rings is 2. The second-order valence-electron chi connectivity index (χ2n) is 5.36. The maximum absolute atomic E-state index is 13.0. The van der Waals surface area contributed by atoms with Gasteiger partial charge in [0.25, 0.3) is 5.91 Å². The van der Waals surface area contributed by atoms with E-state index in [0.717, 1.165) is 17.7 Å². The molecule has 0 unspecified atom stereocenters. The molecule has 1 N–H and O–H groups in total. The highest BCUT2D eigenvalue weighted by Crippen LogP contribution is 2.24. The standard InChI is InChI=1S/C18H17ClFNO4/c1-10-4-7-16(24-3)13(8-10)18(23)25-11(2)17(22)21-15-6-5-12(20)9-14(15)19/h4-9,11H,1-3H3,(H,21,22)/t11-/m1/s1. The van der Waals surface area contributed by atoms with Crippen molar-refractivity contribution in [3.05, 3.63) is 58.4 Å². The van der Waals surface area contributed by atoms with Crippen LogP contribution in [0.15, 0.2) is 36.4 Å². The molecule has 0 heterocycles. The van der Waals surface area contributed by atoms with Crippen molar-refractivity contribution in [1.29, 1.82) is 0 Å². The number of carbonyl (C=O) groups is 2. The summed E-state index contributed by atoms with van der Waals surface area (Å²) in [6.07, 6.45) is -1.08. The Morgan fingerprint density at radius 3 is 2.56 bits per heavy atom. The first kappa shape index (κ1) is 18.7. The van der Waals surface area contributed by atoms with Gasteiger partial charge in [-0.25, -0.2) is 9.18 Å². The molecule has 0 radical (unpaired) electrons. The Morgan fingerprint density at radius 1 is 1.20 bits per heavy atom. The Hall–Kier alpha value is -2.60. The molecule has 0 aromatic heterocycles. The Morgan fingerprint density at radius 2 is 1.92 bits per heavy atom. The van der Waals surface area contributed by atoms with Crippen LogP contribution in [0.4, 0.5) is 10.1 Å². The predicted molar refractivity (Wildman–Crippen MR) is 92.6 cm³/mol. The lowest BCUT2D eigenvalue weighted by Gasteiger charge is -2.15. The highest BCUT2D eigenvalue weighted by molar-refractivity contribution is 6.33. The molecule has 2 rings (SSSR count). The molecule has 0 saturated heterocycles. The number of hydrogen-bond acceptors (Lipinski definition) is 4.